The number of rotatable bonds is 3. The van der Waals surface area contributed by atoms with E-state index >= 15 is 0 Å². The number of thiophene rings is 1. The first-order chi connectivity index (χ1) is 7.81. The van der Waals surface area contributed by atoms with Gasteiger partial charge in [-0.15, -0.1) is 11.3 Å². The van der Waals surface area contributed by atoms with Crippen molar-refractivity contribution >= 4 is 21.2 Å². The van der Waals surface area contributed by atoms with Gasteiger partial charge in [-0.2, -0.15) is 0 Å². The van der Waals surface area contributed by atoms with Gasteiger partial charge >= 0.3 is 0 Å². The topological polar surface area (TPSA) is 46.2 Å². The van der Waals surface area contributed by atoms with E-state index in [9.17, 15) is 8.42 Å². The van der Waals surface area contributed by atoms with Gasteiger partial charge in [0.15, 0.2) is 9.84 Å². The zero-order chi connectivity index (χ0) is 12.7. The quantitative estimate of drug-likeness (QED) is 0.919. The van der Waals surface area contributed by atoms with Gasteiger partial charge in [0.05, 0.1) is 11.5 Å². The predicted molar refractivity (Wildman–Crippen MR) is 72.3 cm³/mol. The van der Waals surface area contributed by atoms with Crippen LogP contribution in [0.4, 0.5) is 0 Å². The van der Waals surface area contributed by atoms with Crippen LogP contribution in [0.2, 0.25) is 0 Å². The molecule has 0 spiro atoms. The number of aryl methyl sites for hydroxylation is 1. The monoisotopic (exact) mass is 273 g/mol. The maximum Gasteiger partial charge on any atom is 0.152 e. The summed E-state index contributed by atoms with van der Waals surface area (Å²) in [4.78, 5) is 1.30. The third-order valence-electron chi connectivity index (χ3n) is 3.36. The Bertz CT molecular complexity index is 506. The van der Waals surface area contributed by atoms with Gasteiger partial charge < -0.3 is 5.32 Å². The Morgan fingerprint density at radius 1 is 1.53 bits per heavy atom. The van der Waals surface area contributed by atoms with Crippen molar-refractivity contribution in [1.82, 2.24) is 5.32 Å². The van der Waals surface area contributed by atoms with Crippen LogP contribution in [0.3, 0.4) is 0 Å². The van der Waals surface area contributed by atoms with Crippen LogP contribution in [0.1, 0.15) is 36.8 Å². The highest BCUT2D eigenvalue weighted by Gasteiger charge is 2.39. The first-order valence-corrected chi connectivity index (χ1v) is 8.54. The summed E-state index contributed by atoms with van der Waals surface area (Å²) in [5, 5.41) is 5.57. The molecule has 0 aromatic carbocycles. The van der Waals surface area contributed by atoms with Crippen molar-refractivity contribution in [3.8, 4) is 0 Å². The molecule has 2 rings (SSSR count). The van der Waals surface area contributed by atoms with Crippen LogP contribution in [0.5, 0.6) is 0 Å². The van der Waals surface area contributed by atoms with Gasteiger partial charge in [-0.05, 0) is 44.2 Å². The van der Waals surface area contributed by atoms with Crippen molar-refractivity contribution in [1.29, 1.82) is 0 Å². The molecule has 1 fully saturated rings. The Balaban J connectivity index is 2.10. The molecular formula is C12H19NO2S2. The lowest BCUT2D eigenvalue weighted by Crippen LogP contribution is -2.44. The zero-order valence-electron chi connectivity index (χ0n) is 10.5. The van der Waals surface area contributed by atoms with Crippen LogP contribution in [0.25, 0.3) is 0 Å². The first-order valence-electron chi connectivity index (χ1n) is 5.83. The zero-order valence-corrected chi connectivity index (χ0v) is 12.1. The summed E-state index contributed by atoms with van der Waals surface area (Å²) in [5.41, 5.74) is 1.01. The Morgan fingerprint density at radius 3 is 2.71 bits per heavy atom. The molecule has 2 heterocycles. The van der Waals surface area contributed by atoms with Crippen molar-refractivity contribution in [3.05, 3.63) is 21.9 Å². The van der Waals surface area contributed by atoms with Crippen LogP contribution in [0.15, 0.2) is 11.4 Å². The molecule has 1 aliphatic rings. The molecule has 0 saturated carbocycles. The van der Waals surface area contributed by atoms with E-state index in [0.717, 1.165) is 0 Å². The molecule has 1 saturated heterocycles. The number of sulfone groups is 1. The minimum atomic E-state index is -2.84. The van der Waals surface area contributed by atoms with Gasteiger partial charge in [0.2, 0.25) is 0 Å². The Kier molecular flexibility index (Phi) is 3.36. The molecule has 0 aliphatic carbocycles. The lowest BCUT2D eigenvalue weighted by Gasteiger charge is -2.28. The molecule has 17 heavy (non-hydrogen) atoms. The van der Waals surface area contributed by atoms with Crippen LogP contribution in [-0.4, -0.2) is 25.5 Å². The molecule has 1 aliphatic heterocycles. The molecule has 1 N–H and O–H groups in total. The van der Waals surface area contributed by atoms with Crippen molar-refractivity contribution in [2.45, 2.75) is 38.8 Å². The Morgan fingerprint density at radius 2 is 2.24 bits per heavy atom. The van der Waals surface area contributed by atoms with E-state index in [1.54, 1.807) is 11.3 Å². The lowest BCUT2D eigenvalue weighted by molar-refractivity contribution is 0.357. The van der Waals surface area contributed by atoms with Crippen molar-refractivity contribution in [2.75, 3.05) is 11.5 Å². The second-order valence-electron chi connectivity index (χ2n) is 5.24. The minimum absolute atomic E-state index is 0.216. The van der Waals surface area contributed by atoms with E-state index in [1.165, 1.54) is 10.4 Å². The van der Waals surface area contributed by atoms with Crippen LogP contribution >= 0.6 is 11.3 Å². The number of nitrogens with one attached hydrogen (secondary N) is 1. The van der Waals surface area contributed by atoms with E-state index in [4.69, 9.17) is 0 Å². The van der Waals surface area contributed by atoms with Gasteiger partial charge in [-0.25, -0.2) is 8.42 Å². The fraction of sp³-hybridized carbons (Fsp3) is 0.667. The fourth-order valence-corrected chi connectivity index (χ4v) is 5.58. The standard InChI is InChI=1S/C12H19NO2S2/c1-9-4-6-16-11(9)10(2)13-12(3)5-7-17(14,15)8-12/h4,6,10,13H,5,7-8H2,1-3H3. The molecule has 0 radical (unpaired) electrons. The minimum Gasteiger partial charge on any atom is -0.303 e. The van der Waals surface area contributed by atoms with E-state index in [1.807, 2.05) is 6.92 Å². The Hall–Kier alpha value is -0.390. The maximum atomic E-state index is 11.5. The van der Waals surface area contributed by atoms with Gasteiger partial charge in [0, 0.05) is 16.5 Å². The molecule has 1 aromatic rings. The smallest absolute Gasteiger partial charge is 0.152 e. The highest BCUT2D eigenvalue weighted by Crippen LogP contribution is 2.29. The third kappa shape index (κ3) is 2.89. The van der Waals surface area contributed by atoms with Crippen molar-refractivity contribution < 1.29 is 8.42 Å². The van der Waals surface area contributed by atoms with Gasteiger partial charge in [-0.3, -0.25) is 0 Å². The molecule has 0 amide bonds. The average molecular weight is 273 g/mol. The summed E-state index contributed by atoms with van der Waals surface area (Å²) in [7, 11) is -2.84. The van der Waals surface area contributed by atoms with Crippen molar-refractivity contribution in [2.24, 2.45) is 0 Å². The van der Waals surface area contributed by atoms with E-state index in [-0.39, 0.29) is 17.3 Å². The summed E-state index contributed by atoms with van der Waals surface area (Å²) in [5.74, 6) is 0.571. The van der Waals surface area contributed by atoms with E-state index in [2.05, 4.69) is 30.6 Å². The van der Waals surface area contributed by atoms with Crippen LogP contribution in [0, 0.1) is 6.92 Å². The SMILES string of the molecule is Cc1ccsc1C(C)NC1(C)CCS(=O)(=O)C1. The molecule has 2 unspecified atom stereocenters. The van der Waals surface area contributed by atoms with Crippen molar-refractivity contribution in [3.63, 3.8) is 0 Å². The molecule has 3 nitrogen and oxygen atoms in total. The molecule has 5 heteroatoms. The fourth-order valence-electron chi connectivity index (χ4n) is 2.54. The predicted octanol–water partition coefficient (Wildman–Crippen LogP) is 2.28. The average Bonchev–Trinajstić information content (AvgIpc) is 2.70. The Labute approximate surface area is 107 Å². The molecule has 96 valence electrons. The molecule has 2 atom stereocenters. The second-order valence-corrected chi connectivity index (χ2v) is 8.37. The van der Waals surface area contributed by atoms with Crippen LogP contribution < -0.4 is 5.32 Å². The van der Waals surface area contributed by atoms with Gasteiger partial charge in [0.25, 0.3) is 0 Å². The normalized spacial score (nSPS) is 29.4. The summed E-state index contributed by atoms with van der Waals surface area (Å²) in [6, 6.07) is 2.32. The number of hydrogen-bond donors (Lipinski definition) is 1. The molecule has 0 bridgehead atoms. The van der Waals surface area contributed by atoms with Crippen LogP contribution in [-0.2, 0) is 9.84 Å². The summed E-state index contributed by atoms with van der Waals surface area (Å²) in [6.45, 7) is 6.21. The highest BCUT2D eigenvalue weighted by molar-refractivity contribution is 7.91. The molecular weight excluding hydrogens is 254 g/mol. The summed E-state index contributed by atoms with van der Waals surface area (Å²) in [6.07, 6.45) is 0.712. The number of hydrogen-bond acceptors (Lipinski definition) is 4. The van der Waals surface area contributed by atoms with Gasteiger partial charge in [-0.1, -0.05) is 0 Å². The second kappa shape index (κ2) is 4.37. The molecule has 1 aromatic heterocycles. The maximum absolute atomic E-state index is 11.5. The third-order valence-corrected chi connectivity index (χ3v) is 6.47. The van der Waals surface area contributed by atoms with Gasteiger partial charge in [0.1, 0.15) is 0 Å². The summed E-state index contributed by atoms with van der Waals surface area (Å²) >= 11 is 1.73. The largest absolute Gasteiger partial charge is 0.303 e. The summed E-state index contributed by atoms with van der Waals surface area (Å²) < 4.78 is 23.1. The van der Waals surface area contributed by atoms with E-state index in [0.29, 0.717) is 12.2 Å². The highest BCUT2D eigenvalue weighted by atomic mass is 32.2. The first kappa shape index (κ1) is 13.1. The lowest BCUT2D eigenvalue weighted by atomic mass is 10.00. The van der Waals surface area contributed by atoms with E-state index < -0.39 is 9.84 Å².